The van der Waals surface area contributed by atoms with E-state index in [1.54, 1.807) is 0 Å². The molecule has 1 aliphatic rings. The van der Waals surface area contributed by atoms with Crippen molar-refractivity contribution in [2.75, 3.05) is 4.90 Å². The van der Waals surface area contributed by atoms with Gasteiger partial charge >= 0.3 is 0 Å². The van der Waals surface area contributed by atoms with Gasteiger partial charge in [0.1, 0.15) is 0 Å². The molecule has 0 fully saturated rings. The van der Waals surface area contributed by atoms with Gasteiger partial charge in [-0.1, -0.05) is 36.4 Å². The van der Waals surface area contributed by atoms with Gasteiger partial charge in [-0.3, -0.25) is 9.69 Å². The fraction of sp³-hybridized carbons (Fsp3) is 0.188. The lowest BCUT2D eigenvalue weighted by atomic mass is 9.93. The molecule has 0 spiro atoms. The number of fused-ring (bicyclic) bond motifs is 1. The molecule has 0 bridgehead atoms. The number of hydrogen-bond acceptors (Lipinski definition) is 1. The molecule has 0 saturated carbocycles. The van der Waals surface area contributed by atoms with Crippen molar-refractivity contribution in [1.29, 1.82) is 0 Å². The van der Waals surface area contributed by atoms with E-state index in [9.17, 15) is 4.79 Å². The summed E-state index contributed by atoms with van der Waals surface area (Å²) in [4.78, 5) is 14.4. The quantitative estimate of drug-likeness (QED) is 0.742. The second kappa shape index (κ2) is 3.70. The van der Waals surface area contributed by atoms with E-state index in [-0.39, 0.29) is 11.4 Å². The monoisotopic (exact) mass is 237 g/mol. The van der Waals surface area contributed by atoms with Crippen molar-refractivity contribution in [3.05, 3.63) is 65.7 Å². The van der Waals surface area contributed by atoms with Crippen molar-refractivity contribution in [3.8, 4) is 0 Å². The Morgan fingerprint density at radius 3 is 2.17 bits per heavy atom. The SMILES string of the molecule is CC1(C)c2ccccc2C(=O)N1c1ccccc1. The third-order valence-corrected chi connectivity index (χ3v) is 3.59. The third kappa shape index (κ3) is 1.39. The van der Waals surface area contributed by atoms with E-state index in [0.717, 1.165) is 16.8 Å². The number of carbonyl (C=O) groups is 1. The van der Waals surface area contributed by atoms with Crippen LogP contribution in [-0.2, 0) is 5.54 Å². The molecule has 2 aromatic rings. The molecule has 0 aromatic heterocycles. The second-order valence-corrected chi connectivity index (χ2v) is 5.08. The van der Waals surface area contributed by atoms with Gasteiger partial charge in [-0.2, -0.15) is 0 Å². The minimum atomic E-state index is -0.297. The summed E-state index contributed by atoms with van der Waals surface area (Å²) in [7, 11) is 0. The highest BCUT2D eigenvalue weighted by molar-refractivity contribution is 6.11. The maximum absolute atomic E-state index is 12.5. The molecule has 0 unspecified atom stereocenters. The Morgan fingerprint density at radius 2 is 1.50 bits per heavy atom. The van der Waals surface area contributed by atoms with Crippen LogP contribution in [0.1, 0.15) is 29.8 Å². The van der Waals surface area contributed by atoms with E-state index in [1.165, 1.54) is 0 Å². The fourth-order valence-corrected chi connectivity index (χ4v) is 2.71. The molecule has 0 saturated heterocycles. The second-order valence-electron chi connectivity index (χ2n) is 5.08. The van der Waals surface area contributed by atoms with Crippen LogP contribution in [0.25, 0.3) is 0 Å². The lowest BCUT2D eigenvalue weighted by Crippen LogP contribution is -2.39. The standard InChI is InChI=1S/C16H15NO/c1-16(2)14-11-7-6-10-13(14)15(18)17(16)12-8-4-3-5-9-12/h3-11H,1-2H3. The lowest BCUT2D eigenvalue weighted by molar-refractivity contribution is 0.0982. The Morgan fingerprint density at radius 1 is 0.889 bits per heavy atom. The highest BCUT2D eigenvalue weighted by atomic mass is 16.2. The molecule has 18 heavy (non-hydrogen) atoms. The number of rotatable bonds is 1. The van der Waals surface area contributed by atoms with E-state index in [1.807, 2.05) is 59.5 Å². The summed E-state index contributed by atoms with van der Waals surface area (Å²) in [5.74, 6) is 0.0850. The largest absolute Gasteiger partial charge is 0.299 e. The molecular weight excluding hydrogens is 222 g/mol. The highest BCUT2D eigenvalue weighted by Crippen LogP contribution is 2.41. The number of para-hydroxylation sites is 1. The molecule has 0 atom stereocenters. The van der Waals surface area contributed by atoms with Crippen LogP contribution in [0.5, 0.6) is 0 Å². The molecule has 2 heteroatoms. The van der Waals surface area contributed by atoms with Crippen LogP contribution >= 0.6 is 0 Å². The van der Waals surface area contributed by atoms with Crippen LogP contribution in [0, 0.1) is 0 Å². The van der Waals surface area contributed by atoms with Crippen molar-refractivity contribution >= 4 is 11.6 Å². The van der Waals surface area contributed by atoms with E-state index in [4.69, 9.17) is 0 Å². The first-order chi connectivity index (χ1) is 8.62. The van der Waals surface area contributed by atoms with Gasteiger partial charge in [-0.25, -0.2) is 0 Å². The molecule has 2 aromatic carbocycles. The summed E-state index contributed by atoms with van der Waals surface area (Å²) in [6.45, 7) is 4.17. The summed E-state index contributed by atoms with van der Waals surface area (Å²) in [6, 6.07) is 17.7. The molecule has 3 rings (SSSR count). The number of benzene rings is 2. The Balaban J connectivity index is 2.18. The number of amides is 1. The minimum Gasteiger partial charge on any atom is -0.299 e. The van der Waals surface area contributed by atoms with Gasteiger partial charge in [0, 0.05) is 11.3 Å². The molecule has 1 heterocycles. The van der Waals surface area contributed by atoms with E-state index < -0.39 is 0 Å². The van der Waals surface area contributed by atoms with Gasteiger partial charge < -0.3 is 0 Å². The Labute approximate surface area is 107 Å². The predicted molar refractivity (Wildman–Crippen MR) is 72.7 cm³/mol. The Kier molecular flexibility index (Phi) is 2.27. The summed E-state index contributed by atoms with van der Waals surface area (Å²) in [5, 5.41) is 0. The van der Waals surface area contributed by atoms with Crippen molar-refractivity contribution in [2.45, 2.75) is 19.4 Å². The van der Waals surface area contributed by atoms with Gasteiger partial charge in [0.05, 0.1) is 5.54 Å². The van der Waals surface area contributed by atoms with E-state index in [2.05, 4.69) is 13.8 Å². The summed E-state index contributed by atoms with van der Waals surface area (Å²) in [6.07, 6.45) is 0. The number of nitrogens with zero attached hydrogens (tertiary/aromatic N) is 1. The van der Waals surface area contributed by atoms with Crippen LogP contribution < -0.4 is 4.90 Å². The Bertz CT molecular complexity index is 602. The minimum absolute atomic E-state index is 0.0850. The fourth-order valence-electron chi connectivity index (χ4n) is 2.71. The molecule has 2 nitrogen and oxygen atoms in total. The van der Waals surface area contributed by atoms with Crippen LogP contribution in [0.15, 0.2) is 54.6 Å². The summed E-state index contributed by atoms with van der Waals surface area (Å²) < 4.78 is 0. The Hall–Kier alpha value is -2.09. The van der Waals surface area contributed by atoms with Crippen molar-refractivity contribution < 1.29 is 4.79 Å². The van der Waals surface area contributed by atoms with Gasteiger partial charge in [0.25, 0.3) is 5.91 Å². The first kappa shape index (κ1) is 11.0. The van der Waals surface area contributed by atoms with Crippen molar-refractivity contribution in [2.24, 2.45) is 0 Å². The predicted octanol–water partition coefficient (Wildman–Crippen LogP) is 3.58. The normalized spacial score (nSPS) is 16.8. The number of hydrogen-bond donors (Lipinski definition) is 0. The summed E-state index contributed by atoms with van der Waals surface area (Å²) >= 11 is 0. The van der Waals surface area contributed by atoms with Crippen LogP contribution in [-0.4, -0.2) is 5.91 Å². The van der Waals surface area contributed by atoms with Gasteiger partial charge in [-0.05, 0) is 37.6 Å². The average Bonchev–Trinajstić information content (AvgIpc) is 2.59. The van der Waals surface area contributed by atoms with Crippen molar-refractivity contribution in [3.63, 3.8) is 0 Å². The lowest BCUT2D eigenvalue weighted by Gasteiger charge is -2.32. The summed E-state index contributed by atoms with van der Waals surface area (Å²) in [5.41, 5.74) is 2.56. The number of carbonyl (C=O) groups excluding carboxylic acids is 1. The van der Waals surface area contributed by atoms with E-state index >= 15 is 0 Å². The van der Waals surface area contributed by atoms with E-state index in [0.29, 0.717) is 0 Å². The topological polar surface area (TPSA) is 20.3 Å². The van der Waals surface area contributed by atoms with Gasteiger partial charge in [0.2, 0.25) is 0 Å². The number of anilines is 1. The van der Waals surface area contributed by atoms with Gasteiger partial charge in [0.15, 0.2) is 0 Å². The molecule has 0 aliphatic carbocycles. The maximum Gasteiger partial charge on any atom is 0.259 e. The third-order valence-electron chi connectivity index (χ3n) is 3.59. The first-order valence-electron chi connectivity index (χ1n) is 6.11. The molecular formula is C16H15NO. The van der Waals surface area contributed by atoms with Crippen LogP contribution in [0.4, 0.5) is 5.69 Å². The average molecular weight is 237 g/mol. The zero-order valence-electron chi connectivity index (χ0n) is 10.6. The van der Waals surface area contributed by atoms with Gasteiger partial charge in [-0.15, -0.1) is 0 Å². The zero-order chi connectivity index (χ0) is 12.8. The first-order valence-corrected chi connectivity index (χ1v) is 6.11. The molecule has 90 valence electrons. The smallest absolute Gasteiger partial charge is 0.259 e. The molecule has 0 radical (unpaired) electrons. The molecule has 1 amide bonds. The highest BCUT2D eigenvalue weighted by Gasteiger charge is 2.43. The maximum atomic E-state index is 12.5. The molecule has 1 aliphatic heterocycles. The molecule has 0 N–H and O–H groups in total. The zero-order valence-corrected chi connectivity index (χ0v) is 10.6. The van der Waals surface area contributed by atoms with Crippen LogP contribution in [0.2, 0.25) is 0 Å². The van der Waals surface area contributed by atoms with Crippen molar-refractivity contribution in [1.82, 2.24) is 0 Å². The van der Waals surface area contributed by atoms with Crippen LogP contribution in [0.3, 0.4) is 0 Å².